The van der Waals surface area contributed by atoms with Crippen LogP contribution in [0.4, 0.5) is 11.4 Å². The first-order chi connectivity index (χ1) is 8.27. The van der Waals surface area contributed by atoms with Crippen LogP contribution in [0.2, 0.25) is 0 Å². The summed E-state index contributed by atoms with van der Waals surface area (Å²) in [5.74, 6) is 0.212. The summed E-state index contributed by atoms with van der Waals surface area (Å²) >= 11 is 0. The van der Waals surface area contributed by atoms with Gasteiger partial charge in [-0.1, -0.05) is 12.1 Å². The maximum absolute atomic E-state index is 12.1. The predicted molar refractivity (Wildman–Crippen MR) is 67.9 cm³/mol. The van der Waals surface area contributed by atoms with Gasteiger partial charge in [-0.15, -0.1) is 0 Å². The van der Waals surface area contributed by atoms with Crippen molar-refractivity contribution in [2.45, 2.75) is 25.3 Å². The number of nitrogens with two attached hydrogens (primary N) is 1. The van der Waals surface area contributed by atoms with E-state index < -0.39 is 0 Å². The Bertz CT molecular complexity index is 452. The van der Waals surface area contributed by atoms with Gasteiger partial charge < -0.3 is 16.0 Å². The number of anilines is 2. The van der Waals surface area contributed by atoms with Gasteiger partial charge >= 0.3 is 0 Å². The molecule has 1 saturated heterocycles. The molecule has 0 aromatic heterocycles. The fourth-order valence-electron chi connectivity index (χ4n) is 2.84. The molecule has 1 aromatic carbocycles. The van der Waals surface area contributed by atoms with E-state index in [0.717, 1.165) is 37.3 Å². The minimum absolute atomic E-state index is 0.212. The predicted octanol–water partition coefficient (Wildman–Crippen LogP) is 0.910. The Morgan fingerprint density at radius 3 is 3.00 bits per heavy atom. The van der Waals surface area contributed by atoms with E-state index in [1.54, 1.807) is 0 Å². The molecule has 4 heteroatoms. The summed E-state index contributed by atoms with van der Waals surface area (Å²) in [5, 5.41) is 3.31. The third kappa shape index (κ3) is 1.69. The van der Waals surface area contributed by atoms with Crippen LogP contribution in [0.25, 0.3) is 0 Å². The molecule has 4 nitrogen and oxygen atoms in total. The Balaban J connectivity index is 2.05. The van der Waals surface area contributed by atoms with Gasteiger partial charge in [0.2, 0.25) is 5.91 Å². The van der Waals surface area contributed by atoms with E-state index in [9.17, 15) is 4.79 Å². The number of para-hydroxylation sites is 1. The first-order valence-corrected chi connectivity index (χ1v) is 6.17. The molecular formula is C13H17N3O. The van der Waals surface area contributed by atoms with Crippen molar-refractivity contribution in [3.63, 3.8) is 0 Å². The van der Waals surface area contributed by atoms with Crippen LogP contribution in [0.15, 0.2) is 18.2 Å². The summed E-state index contributed by atoms with van der Waals surface area (Å²) < 4.78 is 0. The topological polar surface area (TPSA) is 58.4 Å². The molecule has 0 spiro atoms. The molecule has 3 rings (SSSR count). The van der Waals surface area contributed by atoms with Gasteiger partial charge in [0.05, 0.1) is 17.4 Å². The summed E-state index contributed by atoms with van der Waals surface area (Å²) in [6.45, 7) is 1.86. The van der Waals surface area contributed by atoms with E-state index in [1.165, 1.54) is 5.56 Å². The first-order valence-electron chi connectivity index (χ1n) is 6.17. The lowest BCUT2D eigenvalue weighted by molar-refractivity contribution is -0.119. The fourth-order valence-corrected chi connectivity index (χ4v) is 2.84. The number of hydrogen-bond acceptors (Lipinski definition) is 3. The van der Waals surface area contributed by atoms with Crippen LogP contribution < -0.4 is 16.0 Å². The van der Waals surface area contributed by atoms with Crippen molar-refractivity contribution in [1.82, 2.24) is 5.32 Å². The van der Waals surface area contributed by atoms with E-state index >= 15 is 0 Å². The monoisotopic (exact) mass is 231 g/mol. The molecule has 1 unspecified atom stereocenters. The maximum Gasteiger partial charge on any atom is 0.227 e. The number of carbonyl (C=O) groups is 1. The average molecular weight is 231 g/mol. The SMILES string of the molecule is Nc1cccc2c1N(C1CCNC1)C(=O)CC2. The molecule has 1 fully saturated rings. The van der Waals surface area contributed by atoms with Crippen LogP contribution in [0.1, 0.15) is 18.4 Å². The number of nitrogens with zero attached hydrogens (tertiary/aromatic N) is 1. The number of nitrogen functional groups attached to an aromatic ring is 1. The number of aryl methyl sites for hydroxylation is 1. The highest BCUT2D eigenvalue weighted by atomic mass is 16.2. The summed E-state index contributed by atoms with van der Waals surface area (Å²) in [6, 6.07) is 6.20. The highest BCUT2D eigenvalue weighted by Crippen LogP contribution is 2.35. The van der Waals surface area contributed by atoms with E-state index in [2.05, 4.69) is 11.4 Å². The highest BCUT2D eigenvalue weighted by molar-refractivity contribution is 6.00. The zero-order valence-electron chi connectivity index (χ0n) is 9.78. The summed E-state index contributed by atoms with van der Waals surface area (Å²) in [7, 11) is 0. The molecule has 17 heavy (non-hydrogen) atoms. The van der Waals surface area contributed by atoms with Crippen molar-refractivity contribution in [2.75, 3.05) is 23.7 Å². The number of fused-ring (bicyclic) bond motifs is 1. The Labute approximate surface area is 101 Å². The van der Waals surface area contributed by atoms with Gasteiger partial charge in [0.1, 0.15) is 0 Å². The average Bonchev–Trinajstić information content (AvgIpc) is 2.83. The molecule has 90 valence electrons. The minimum Gasteiger partial charge on any atom is -0.397 e. The van der Waals surface area contributed by atoms with Crippen LogP contribution in [0, 0.1) is 0 Å². The molecule has 1 amide bonds. The minimum atomic E-state index is 0.212. The van der Waals surface area contributed by atoms with E-state index in [1.807, 2.05) is 17.0 Å². The number of carbonyl (C=O) groups excluding carboxylic acids is 1. The lowest BCUT2D eigenvalue weighted by atomic mass is 9.98. The lowest BCUT2D eigenvalue weighted by Crippen LogP contribution is -2.44. The summed E-state index contributed by atoms with van der Waals surface area (Å²) in [5.41, 5.74) is 8.93. The largest absolute Gasteiger partial charge is 0.397 e. The smallest absolute Gasteiger partial charge is 0.227 e. The van der Waals surface area contributed by atoms with Gasteiger partial charge in [-0.2, -0.15) is 0 Å². The molecule has 2 heterocycles. The van der Waals surface area contributed by atoms with Gasteiger partial charge in [0, 0.05) is 13.0 Å². The van der Waals surface area contributed by atoms with Crippen LogP contribution in [0.5, 0.6) is 0 Å². The van der Waals surface area contributed by atoms with Gasteiger partial charge in [-0.3, -0.25) is 4.79 Å². The number of benzene rings is 1. The van der Waals surface area contributed by atoms with Crippen LogP contribution in [-0.4, -0.2) is 25.0 Å². The van der Waals surface area contributed by atoms with Crippen molar-refractivity contribution in [3.8, 4) is 0 Å². The Morgan fingerprint density at radius 2 is 2.24 bits per heavy atom. The second kappa shape index (κ2) is 4.04. The molecule has 1 aromatic rings. The van der Waals surface area contributed by atoms with Crippen molar-refractivity contribution < 1.29 is 4.79 Å². The van der Waals surface area contributed by atoms with Crippen molar-refractivity contribution in [2.24, 2.45) is 0 Å². The molecule has 1 atom stereocenters. The number of rotatable bonds is 1. The molecule has 0 saturated carbocycles. The number of nitrogens with one attached hydrogen (secondary N) is 1. The Kier molecular flexibility index (Phi) is 2.52. The quantitative estimate of drug-likeness (QED) is 0.706. The molecule has 3 N–H and O–H groups in total. The van der Waals surface area contributed by atoms with Gasteiger partial charge in [-0.05, 0) is 31.0 Å². The summed E-state index contributed by atoms with van der Waals surface area (Å²) in [6.07, 6.45) is 2.43. The molecule has 2 aliphatic heterocycles. The zero-order valence-corrected chi connectivity index (χ0v) is 9.78. The van der Waals surface area contributed by atoms with Crippen molar-refractivity contribution >= 4 is 17.3 Å². The second-order valence-corrected chi connectivity index (χ2v) is 4.77. The number of hydrogen-bond donors (Lipinski definition) is 2. The standard InChI is InChI=1S/C13H17N3O/c14-11-3-1-2-9-4-5-12(17)16(13(9)11)10-6-7-15-8-10/h1-3,10,15H,4-8,14H2. The Hall–Kier alpha value is -1.55. The molecule has 0 aliphatic carbocycles. The molecular weight excluding hydrogens is 214 g/mol. The molecule has 0 bridgehead atoms. The van der Waals surface area contributed by atoms with E-state index in [4.69, 9.17) is 5.73 Å². The van der Waals surface area contributed by atoms with Crippen molar-refractivity contribution in [3.05, 3.63) is 23.8 Å². The van der Waals surface area contributed by atoms with Gasteiger partial charge in [0.15, 0.2) is 0 Å². The molecule has 2 aliphatic rings. The normalized spacial score (nSPS) is 23.9. The fraction of sp³-hybridized carbons (Fsp3) is 0.462. The van der Waals surface area contributed by atoms with Crippen LogP contribution in [-0.2, 0) is 11.2 Å². The van der Waals surface area contributed by atoms with Gasteiger partial charge in [-0.25, -0.2) is 0 Å². The maximum atomic E-state index is 12.1. The second-order valence-electron chi connectivity index (χ2n) is 4.77. The third-order valence-electron chi connectivity index (χ3n) is 3.67. The number of amides is 1. The zero-order chi connectivity index (χ0) is 11.8. The summed E-state index contributed by atoms with van der Waals surface area (Å²) in [4.78, 5) is 14.1. The van der Waals surface area contributed by atoms with Crippen LogP contribution in [0.3, 0.4) is 0 Å². The Morgan fingerprint density at radius 1 is 1.35 bits per heavy atom. The lowest BCUT2D eigenvalue weighted by Gasteiger charge is -2.34. The van der Waals surface area contributed by atoms with E-state index in [-0.39, 0.29) is 11.9 Å². The highest BCUT2D eigenvalue weighted by Gasteiger charge is 2.33. The van der Waals surface area contributed by atoms with Crippen LogP contribution >= 0.6 is 0 Å². The first kappa shape index (κ1) is 10.6. The van der Waals surface area contributed by atoms with E-state index in [0.29, 0.717) is 6.42 Å². The third-order valence-corrected chi connectivity index (χ3v) is 3.67. The van der Waals surface area contributed by atoms with Crippen molar-refractivity contribution in [1.29, 1.82) is 0 Å². The van der Waals surface area contributed by atoms with Gasteiger partial charge in [0.25, 0.3) is 0 Å². The molecule has 0 radical (unpaired) electrons.